The first kappa shape index (κ1) is 95.5. The monoisotopic (exact) mass is 1380 g/mol. The minimum Gasteiger partial charge on any atom is -0.477 e. The number of quaternary nitrogens is 1. The molecule has 0 aromatic rings. The number of carboxylic acid groups (broad SMARTS) is 1. The zero-order valence-electron chi connectivity index (χ0n) is 66.5. The van der Waals surface area contributed by atoms with Gasteiger partial charge in [0.15, 0.2) is 6.10 Å². The number of likely N-dealkylation sites (N-methyl/N-ethyl adjacent to an activating group) is 1. The maximum Gasteiger partial charge on any atom is 0.361 e. The molecule has 0 aliphatic carbocycles. The lowest BCUT2D eigenvalue weighted by Crippen LogP contribution is -2.40. The molecule has 0 radical (unpaired) electrons. The number of carboxylic acids is 1. The Morgan fingerprint density at radius 3 is 0.816 bits per heavy atom. The lowest BCUT2D eigenvalue weighted by Gasteiger charge is -2.25. The van der Waals surface area contributed by atoms with Crippen LogP contribution in [0.15, 0.2) is 36.5 Å². The van der Waals surface area contributed by atoms with Gasteiger partial charge in [0.1, 0.15) is 13.2 Å². The topological polar surface area (TPSA) is 108 Å². The first-order valence-electron chi connectivity index (χ1n) is 43.7. The molecule has 0 aliphatic heterocycles. The van der Waals surface area contributed by atoms with Gasteiger partial charge in [-0.2, -0.15) is 0 Å². The quantitative estimate of drug-likeness (QED) is 0.0211. The summed E-state index contributed by atoms with van der Waals surface area (Å²) in [5.41, 5.74) is 0. The fourth-order valence-electron chi connectivity index (χ4n) is 13.5. The SMILES string of the molecule is CCCCCCC/C=C\C/C=C\C/C=C\CCCCCCCCCCCCCCCCCCCCCCCCC(=O)OC(COC(=O)CCCCCCCCCCCCCCCCCCCCCCCCCCCCCCCCCCCCCC)COC(OCC[N+](C)(C)C)C(=O)O. The van der Waals surface area contributed by atoms with Gasteiger partial charge in [0.2, 0.25) is 0 Å². The molecular formula is C89H170NO8+. The first-order valence-corrected chi connectivity index (χ1v) is 43.7. The summed E-state index contributed by atoms with van der Waals surface area (Å²) >= 11 is 0. The van der Waals surface area contributed by atoms with E-state index in [1.807, 2.05) is 21.1 Å². The average Bonchev–Trinajstić information content (AvgIpc) is 1.26. The Morgan fingerprint density at radius 1 is 0.306 bits per heavy atom. The molecule has 0 aromatic carbocycles. The van der Waals surface area contributed by atoms with E-state index < -0.39 is 18.4 Å². The van der Waals surface area contributed by atoms with Crippen LogP contribution in [0.25, 0.3) is 0 Å². The molecular weight excluding hydrogens is 1210 g/mol. The number of carbonyl (C=O) groups is 3. The highest BCUT2D eigenvalue weighted by molar-refractivity contribution is 5.71. The van der Waals surface area contributed by atoms with Crippen LogP contribution in [0.1, 0.15) is 457 Å². The highest BCUT2D eigenvalue weighted by Gasteiger charge is 2.25. The van der Waals surface area contributed by atoms with E-state index in [1.54, 1.807) is 0 Å². The van der Waals surface area contributed by atoms with Gasteiger partial charge >= 0.3 is 17.9 Å². The van der Waals surface area contributed by atoms with E-state index >= 15 is 0 Å². The number of hydrogen-bond acceptors (Lipinski definition) is 7. The molecule has 0 heterocycles. The van der Waals surface area contributed by atoms with Gasteiger partial charge in [0, 0.05) is 12.8 Å². The number of nitrogens with zero attached hydrogens (tertiary/aromatic N) is 1. The first-order chi connectivity index (χ1) is 48.1. The Kier molecular flexibility index (Phi) is 78.2. The summed E-state index contributed by atoms with van der Waals surface area (Å²) in [6.45, 7) is 4.96. The number of hydrogen-bond donors (Lipinski definition) is 1. The standard InChI is InChI=1S/C89H169NO8/c1-6-8-10-12-14-16-18-20-22-24-26-28-30-32-34-36-38-40-42-44-46-48-50-52-54-56-58-60-62-64-66-68-70-72-74-76-78-80-87(92)98-85(84-97-89(88(93)94)95-82-81-90(3,4)5)83-96-86(91)79-77-75-73-71-69-67-65-63-61-59-57-55-53-51-49-47-45-43-41-39-37-35-33-31-29-27-25-23-21-19-17-15-13-11-9-7-2/h18,20,24,26,30,32,85,89H,6-17,19,21-23,25,27-29,31,33-84H2,1-5H3/p+1/b20-18-,26-24-,32-30-. The van der Waals surface area contributed by atoms with Crippen LogP contribution in [0.3, 0.4) is 0 Å². The van der Waals surface area contributed by atoms with Crippen molar-refractivity contribution in [1.82, 2.24) is 0 Å². The molecule has 0 saturated heterocycles. The Balaban J connectivity index is 3.92. The second-order valence-corrected chi connectivity index (χ2v) is 31.2. The zero-order chi connectivity index (χ0) is 71.1. The maximum atomic E-state index is 13.0. The molecule has 0 bridgehead atoms. The molecule has 1 N–H and O–H groups in total. The summed E-state index contributed by atoms with van der Waals surface area (Å²) in [5.74, 6) is -1.97. The van der Waals surface area contributed by atoms with Crippen LogP contribution >= 0.6 is 0 Å². The largest absolute Gasteiger partial charge is 0.477 e. The lowest BCUT2D eigenvalue weighted by molar-refractivity contribution is -0.870. The third-order valence-corrected chi connectivity index (χ3v) is 20.1. The van der Waals surface area contributed by atoms with Crippen molar-refractivity contribution in [3.05, 3.63) is 36.5 Å². The van der Waals surface area contributed by atoms with E-state index in [1.165, 1.54) is 379 Å². The van der Waals surface area contributed by atoms with Gasteiger partial charge in [-0.05, 0) is 51.4 Å². The summed E-state index contributed by atoms with van der Waals surface area (Å²) in [7, 11) is 6.00. The minimum absolute atomic E-state index is 0.174. The second-order valence-electron chi connectivity index (χ2n) is 31.2. The molecule has 2 atom stereocenters. The van der Waals surface area contributed by atoms with Crippen LogP contribution < -0.4 is 0 Å². The Labute approximate surface area is 610 Å². The maximum absolute atomic E-state index is 13.0. The van der Waals surface area contributed by atoms with Crippen LogP contribution in [-0.2, 0) is 33.3 Å². The van der Waals surface area contributed by atoms with Crippen molar-refractivity contribution in [1.29, 1.82) is 0 Å². The number of ether oxygens (including phenoxy) is 4. The molecule has 0 fully saturated rings. The van der Waals surface area contributed by atoms with Crippen LogP contribution in [0.4, 0.5) is 0 Å². The predicted molar refractivity (Wildman–Crippen MR) is 424 cm³/mol. The number of unbranched alkanes of at least 4 members (excludes halogenated alkanes) is 62. The van der Waals surface area contributed by atoms with Crippen molar-refractivity contribution < 1.29 is 42.9 Å². The molecule has 0 rings (SSSR count). The van der Waals surface area contributed by atoms with Crippen LogP contribution in [0.2, 0.25) is 0 Å². The zero-order valence-corrected chi connectivity index (χ0v) is 66.5. The fourth-order valence-corrected chi connectivity index (χ4v) is 13.5. The van der Waals surface area contributed by atoms with Gasteiger partial charge in [-0.1, -0.05) is 429 Å². The van der Waals surface area contributed by atoms with E-state index in [4.69, 9.17) is 18.9 Å². The highest BCUT2D eigenvalue weighted by Crippen LogP contribution is 2.21. The Bertz CT molecular complexity index is 1710. The van der Waals surface area contributed by atoms with Gasteiger partial charge in [-0.15, -0.1) is 0 Å². The Morgan fingerprint density at radius 2 is 0.551 bits per heavy atom. The van der Waals surface area contributed by atoms with Crippen LogP contribution in [0.5, 0.6) is 0 Å². The van der Waals surface area contributed by atoms with Crippen molar-refractivity contribution in [2.45, 2.75) is 469 Å². The fraction of sp³-hybridized carbons (Fsp3) is 0.899. The molecule has 0 aliphatic rings. The van der Waals surface area contributed by atoms with E-state index in [-0.39, 0.29) is 38.2 Å². The van der Waals surface area contributed by atoms with Gasteiger partial charge in [-0.25, -0.2) is 4.79 Å². The molecule has 98 heavy (non-hydrogen) atoms. The van der Waals surface area contributed by atoms with E-state index in [9.17, 15) is 19.5 Å². The summed E-state index contributed by atoms with van der Waals surface area (Å²) in [6.07, 6.45) is 102. The van der Waals surface area contributed by atoms with Crippen molar-refractivity contribution >= 4 is 17.9 Å². The molecule has 0 spiro atoms. The van der Waals surface area contributed by atoms with Crippen molar-refractivity contribution in [3.8, 4) is 0 Å². The number of carbonyl (C=O) groups excluding carboxylic acids is 2. The Hall–Kier alpha value is -2.49. The number of esters is 2. The van der Waals surface area contributed by atoms with E-state index in [2.05, 4.69) is 50.3 Å². The normalized spacial score (nSPS) is 12.7. The van der Waals surface area contributed by atoms with E-state index in [0.717, 1.165) is 51.4 Å². The van der Waals surface area contributed by atoms with Gasteiger partial charge < -0.3 is 28.5 Å². The third-order valence-electron chi connectivity index (χ3n) is 20.1. The number of rotatable bonds is 83. The molecule has 0 saturated carbocycles. The molecule has 2 unspecified atom stereocenters. The predicted octanol–water partition coefficient (Wildman–Crippen LogP) is 28.2. The third kappa shape index (κ3) is 80.8. The molecule has 0 amide bonds. The van der Waals surface area contributed by atoms with Crippen LogP contribution in [-0.4, -0.2) is 87.4 Å². The number of aliphatic carboxylic acids is 1. The van der Waals surface area contributed by atoms with E-state index in [0.29, 0.717) is 17.4 Å². The van der Waals surface area contributed by atoms with Gasteiger partial charge in [0.05, 0.1) is 34.4 Å². The summed E-state index contributed by atoms with van der Waals surface area (Å²) in [5, 5.41) is 9.79. The molecule has 9 heteroatoms. The van der Waals surface area contributed by atoms with Crippen LogP contribution in [0, 0.1) is 0 Å². The summed E-state index contributed by atoms with van der Waals surface area (Å²) in [6, 6.07) is 0. The van der Waals surface area contributed by atoms with Crippen molar-refractivity contribution in [2.75, 3.05) is 47.5 Å². The second kappa shape index (κ2) is 80.2. The van der Waals surface area contributed by atoms with Crippen molar-refractivity contribution in [2.24, 2.45) is 0 Å². The molecule has 578 valence electrons. The van der Waals surface area contributed by atoms with Crippen molar-refractivity contribution in [3.63, 3.8) is 0 Å². The summed E-state index contributed by atoms with van der Waals surface area (Å²) in [4.78, 5) is 37.8. The van der Waals surface area contributed by atoms with Gasteiger partial charge in [0.25, 0.3) is 6.29 Å². The average molecular weight is 1380 g/mol. The molecule has 9 nitrogen and oxygen atoms in total. The highest BCUT2D eigenvalue weighted by atomic mass is 16.7. The smallest absolute Gasteiger partial charge is 0.361 e. The molecule has 0 aromatic heterocycles. The lowest BCUT2D eigenvalue weighted by atomic mass is 10.0. The minimum atomic E-state index is -1.51. The number of allylic oxidation sites excluding steroid dienone is 6. The van der Waals surface area contributed by atoms with Gasteiger partial charge in [-0.3, -0.25) is 9.59 Å². The summed E-state index contributed by atoms with van der Waals surface area (Å²) < 4.78 is 23.1.